The molecule has 0 spiro atoms. The van der Waals surface area contributed by atoms with Crippen molar-refractivity contribution in [3.63, 3.8) is 0 Å². The lowest BCUT2D eigenvalue weighted by atomic mass is 9.96. The summed E-state index contributed by atoms with van der Waals surface area (Å²) in [6, 6.07) is 0. The molecule has 134 valence electrons. The summed E-state index contributed by atoms with van der Waals surface area (Å²) < 4.78 is 7.37. The number of carboxylic acids is 1. The summed E-state index contributed by atoms with van der Waals surface area (Å²) >= 11 is 2.44. The molecule has 1 aliphatic heterocycles. The Labute approximate surface area is 153 Å². The number of allylic oxidation sites excluding steroid dienone is 1. The number of fused-ring (bicyclic) bond motifs is 3. The van der Waals surface area contributed by atoms with Crippen LogP contribution in [-0.4, -0.2) is 27.4 Å². The Morgan fingerprint density at radius 2 is 2.36 bits per heavy atom. The van der Waals surface area contributed by atoms with Gasteiger partial charge in [-0.05, 0) is 11.5 Å². The van der Waals surface area contributed by atoms with E-state index in [1.54, 1.807) is 6.08 Å². The average molecular weight is 379 g/mol. The van der Waals surface area contributed by atoms with Gasteiger partial charge in [0.25, 0.3) is 5.56 Å². The van der Waals surface area contributed by atoms with Gasteiger partial charge in [0.05, 0.1) is 24.1 Å². The molecule has 0 N–H and O–H groups in total. The smallest absolute Gasteiger partial charge is 0.263 e. The van der Waals surface area contributed by atoms with Crippen LogP contribution in [-0.2, 0) is 29.1 Å². The van der Waals surface area contributed by atoms with Crippen molar-refractivity contribution in [3.05, 3.63) is 33.4 Å². The summed E-state index contributed by atoms with van der Waals surface area (Å²) in [6.07, 6.45) is 2.39. The molecule has 0 aliphatic carbocycles. The van der Waals surface area contributed by atoms with E-state index in [1.807, 2.05) is 0 Å². The molecular weight excluding hydrogens is 360 g/mol. The second-order valence-electron chi connectivity index (χ2n) is 6.24. The Kier molecular flexibility index (Phi) is 5.31. The molecule has 0 radical (unpaired) electrons. The van der Waals surface area contributed by atoms with Crippen LogP contribution in [0.15, 0.2) is 22.6 Å². The number of rotatable bonds is 6. The van der Waals surface area contributed by atoms with Crippen molar-refractivity contribution in [2.24, 2.45) is 5.92 Å². The first-order valence-electron chi connectivity index (χ1n) is 8.02. The molecule has 0 saturated heterocycles. The minimum Gasteiger partial charge on any atom is -0.549 e. The number of hydrogen-bond donors (Lipinski definition) is 0. The molecule has 1 aliphatic rings. The van der Waals surface area contributed by atoms with Crippen LogP contribution in [0.1, 0.15) is 24.3 Å². The highest BCUT2D eigenvalue weighted by atomic mass is 32.2. The Morgan fingerprint density at radius 3 is 3.00 bits per heavy atom. The summed E-state index contributed by atoms with van der Waals surface area (Å²) in [4.78, 5) is 30.1. The van der Waals surface area contributed by atoms with Crippen molar-refractivity contribution < 1.29 is 14.6 Å². The van der Waals surface area contributed by atoms with Crippen molar-refractivity contribution in [3.8, 4) is 0 Å². The fourth-order valence-corrected chi connectivity index (χ4v) is 4.78. The number of carbonyl (C=O) groups is 1. The Morgan fingerprint density at radius 1 is 1.60 bits per heavy atom. The van der Waals surface area contributed by atoms with E-state index in [-0.39, 0.29) is 24.0 Å². The minimum atomic E-state index is -1.19. The summed E-state index contributed by atoms with van der Waals surface area (Å²) in [5.74, 6) is -1.08. The second-order valence-corrected chi connectivity index (χ2v) is 8.27. The van der Waals surface area contributed by atoms with Crippen LogP contribution in [0.5, 0.6) is 0 Å². The van der Waals surface area contributed by atoms with Crippen LogP contribution in [0.4, 0.5) is 0 Å². The first kappa shape index (κ1) is 18.2. The van der Waals surface area contributed by atoms with E-state index in [4.69, 9.17) is 4.74 Å². The summed E-state index contributed by atoms with van der Waals surface area (Å²) in [5, 5.41) is 11.8. The highest BCUT2D eigenvalue weighted by Gasteiger charge is 2.28. The largest absolute Gasteiger partial charge is 0.549 e. The molecule has 3 heterocycles. The van der Waals surface area contributed by atoms with Gasteiger partial charge in [-0.25, -0.2) is 4.98 Å². The number of thiophene rings is 1. The molecule has 8 heteroatoms. The molecule has 0 amide bonds. The first-order valence-corrected chi connectivity index (χ1v) is 9.82. The van der Waals surface area contributed by atoms with E-state index in [1.165, 1.54) is 15.9 Å². The van der Waals surface area contributed by atoms with E-state index in [0.717, 1.165) is 22.2 Å². The number of aliphatic carboxylic acids is 1. The predicted molar refractivity (Wildman–Crippen MR) is 96.9 cm³/mol. The van der Waals surface area contributed by atoms with E-state index >= 15 is 0 Å². The van der Waals surface area contributed by atoms with Gasteiger partial charge in [0.1, 0.15) is 4.83 Å². The predicted octanol–water partition coefficient (Wildman–Crippen LogP) is 1.58. The molecule has 25 heavy (non-hydrogen) atoms. The van der Waals surface area contributed by atoms with Gasteiger partial charge in [-0.1, -0.05) is 31.7 Å². The SMILES string of the molecule is C=CCn1c(SCC(=O)[O-])nc2sc3c(c2c1=O)C[C@@H](C(C)C)OC3. The molecule has 1 atom stereocenters. The summed E-state index contributed by atoms with van der Waals surface area (Å²) in [7, 11) is 0. The number of thioether (sulfide) groups is 1. The van der Waals surface area contributed by atoms with Crippen molar-refractivity contribution in [1.82, 2.24) is 9.55 Å². The maximum absolute atomic E-state index is 13.1. The van der Waals surface area contributed by atoms with Gasteiger partial charge in [-0.15, -0.1) is 17.9 Å². The van der Waals surface area contributed by atoms with Crippen LogP contribution in [0.3, 0.4) is 0 Å². The maximum atomic E-state index is 13.1. The van der Waals surface area contributed by atoms with Gasteiger partial charge < -0.3 is 14.6 Å². The Bertz CT molecular complexity index is 885. The van der Waals surface area contributed by atoms with E-state index in [0.29, 0.717) is 34.3 Å². The maximum Gasteiger partial charge on any atom is 0.263 e. The normalized spacial score (nSPS) is 17.0. The van der Waals surface area contributed by atoms with Gasteiger partial charge in [-0.3, -0.25) is 9.36 Å². The van der Waals surface area contributed by atoms with Gasteiger partial charge in [0, 0.05) is 23.6 Å². The number of hydrogen-bond acceptors (Lipinski definition) is 7. The third-order valence-corrected chi connectivity index (χ3v) is 6.22. The fourth-order valence-electron chi connectivity index (χ4n) is 2.89. The van der Waals surface area contributed by atoms with Crippen molar-refractivity contribution in [1.29, 1.82) is 0 Å². The van der Waals surface area contributed by atoms with Crippen molar-refractivity contribution in [2.75, 3.05) is 5.75 Å². The lowest BCUT2D eigenvalue weighted by molar-refractivity contribution is -0.301. The third-order valence-electron chi connectivity index (χ3n) is 4.17. The molecule has 0 fully saturated rings. The highest BCUT2D eigenvalue weighted by molar-refractivity contribution is 7.99. The van der Waals surface area contributed by atoms with E-state index < -0.39 is 5.97 Å². The van der Waals surface area contributed by atoms with Crippen molar-refractivity contribution in [2.45, 2.75) is 44.7 Å². The van der Waals surface area contributed by atoms with E-state index in [9.17, 15) is 14.7 Å². The lowest BCUT2D eigenvalue weighted by Gasteiger charge is -2.26. The lowest BCUT2D eigenvalue weighted by Crippen LogP contribution is -2.29. The summed E-state index contributed by atoms with van der Waals surface area (Å²) in [5.41, 5.74) is 0.879. The molecule has 0 aromatic carbocycles. The molecule has 3 rings (SSSR count). The minimum absolute atomic E-state index is 0.0877. The second kappa shape index (κ2) is 7.31. The Hall–Kier alpha value is -1.64. The van der Waals surface area contributed by atoms with Gasteiger partial charge in [0.2, 0.25) is 0 Å². The molecule has 2 aromatic rings. The van der Waals surface area contributed by atoms with Crippen LogP contribution in [0, 0.1) is 5.92 Å². The topological polar surface area (TPSA) is 84.3 Å². The quantitative estimate of drug-likeness (QED) is 0.430. The molecule has 0 bridgehead atoms. The number of carbonyl (C=O) groups excluding carboxylic acids is 1. The number of nitrogens with zero attached hydrogens (tertiary/aromatic N) is 2. The molecule has 0 unspecified atom stereocenters. The van der Waals surface area contributed by atoms with Crippen LogP contribution < -0.4 is 10.7 Å². The average Bonchev–Trinajstić information content (AvgIpc) is 2.93. The molecular formula is C17H19N2O4S2-. The molecule has 0 saturated carbocycles. The molecule has 2 aromatic heterocycles. The zero-order chi connectivity index (χ0) is 18.1. The Balaban J connectivity index is 2.13. The van der Waals surface area contributed by atoms with Crippen LogP contribution in [0.2, 0.25) is 0 Å². The summed E-state index contributed by atoms with van der Waals surface area (Å²) in [6.45, 7) is 8.66. The van der Waals surface area contributed by atoms with Gasteiger partial charge in [0.15, 0.2) is 5.16 Å². The standard InChI is InChI=1S/C17H20N2O4S2/c1-4-5-19-16(22)14-10-6-11(9(2)3)23-7-12(10)25-15(14)18-17(19)24-8-13(20)21/h4,9,11H,1,5-8H2,2-3H3,(H,20,21)/p-1/t11-/m0/s1. The van der Waals surface area contributed by atoms with Gasteiger partial charge >= 0.3 is 0 Å². The third kappa shape index (κ3) is 3.51. The highest BCUT2D eigenvalue weighted by Crippen LogP contribution is 2.35. The van der Waals surface area contributed by atoms with Crippen molar-refractivity contribution >= 4 is 39.3 Å². The van der Waals surface area contributed by atoms with Gasteiger partial charge in [-0.2, -0.15) is 0 Å². The van der Waals surface area contributed by atoms with Crippen LogP contribution >= 0.6 is 23.1 Å². The number of carboxylic acid groups (broad SMARTS) is 1. The number of ether oxygens (including phenoxy) is 1. The number of aromatic nitrogens is 2. The first-order chi connectivity index (χ1) is 11.9. The zero-order valence-electron chi connectivity index (χ0n) is 14.1. The zero-order valence-corrected chi connectivity index (χ0v) is 15.7. The molecule has 6 nitrogen and oxygen atoms in total. The fraction of sp³-hybridized carbons (Fsp3) is 0.471. The monoisotopic (exact) mass is 379 g/mol. The van der Waals surface area contributed by atoms with Crippen LogP contribution in [0.25, 0.3) is 10.2 Å². The van der Waals surface area contributed by atoms with E-state index in [2.05, 4.69) is 25.4 Å².